The summed E-state index contributed by atoms with van der Waals surface area (Å²) in [6, 6.07) is 5.68. The number of carbonyl (C=O) groups excluding carboxylic acids is 2. The summed E-state index contributed by atoms with van der Waals surface area (Å²) in [5, 5.41) is 2.83. The fourth-order valence-corrected chi connectivity index (χ4v) is 2.33. The number of nitrogen functional groups attached to an aromatic ring is 1. The van der Waals surface area contributed by atoms with E-state index in [1.165, 1.54) is 11.5 Å². The van der Waals surface area contributed by atoms with Crippen molar-refractivity contribution in [2.75, 3.05) is 11.1 Å². The van der Waals surface area contributed by atoms with E-state index in [4.69, 9.17) is 5.73 Å². The van der Waals surface area contributed by atoms with E-state index in [-0.39, 0.29) is 17.8 Å². The molecule has 0 fully saturated rings. The number of nitrogens with two attached hydrogens (primary N) is 1. The number of fused-ring (bicyclic) bond motifs is 1. The van der Waals surface area contributed by atoms with Gasteiger partial charge in [0.2, 0.25) is 17.8 Å². The molecule has 0 spiro atoms. The Morgan fingerprint density at radius 2 is 2.20 bits per heavy atom. The second-order valence-electron chi connectivity index (χ2n) is 4.79. The minimum atomic E-state index is -0.175. The Bertz CT molecular complexity index is 718. The van der Waals surface area contributed by atoms with Gasteiger partial charge in [0.1, 0.15) is 0 Å². The summed E-state index contributed by atoms with van der Waals surface area (Å²) in [6.07, 6.45) is 2.82. The third-order valence-corrected chi connectivity index (χ3v) is 3.37. The summed E-state index contributed by atoms with van der Waals surface area (Å²) in [7, 11) is 0. The van der Waals surface area contributed by atoms with Crippen molar-refractivity contribution in [1.29, 1.82) is 0 Å². The average molecular weight is 270 g/mol. The van der Waals surface area contributed by atoms with E-state index in [0.717, 1.165) is 16.8 Å². The minimum absolute atomic E-state index is 0.0374. The SMILES string of the molecule is CC(=O)n1cc(-c2ccc3c(c2)CCC(=O)N3)nc1N. The van der Waals surface area contributed by atoms with Crippen molar-refractivity contribution in [1.82, 2.24) is 9.55 Å². The summed E-state index contributed by atoms with van der Waals surface area (Å²) in [5.74, 6) is 0.0420. The molecule has 3 rings (SSSR count). The molecule has 1 amide bonds. The quantitative estimate of drug-likeness (QED) is 0.824. The number of rotatable bonds is 1. The van der Waals surface area contributed by atoms with E-state index in [1.807, 2.05) is 18.2 Å². The van der Waals surface area contributed by atoms with Gasteiger partial charge < -0.3 is 11.1 Å². The summed E-state index contributed by atoms with van der Waals surface area (Å²) >= 11 is 0. The molecule has 2 aromatic rings. The van der Waals surface area contributed by atoms with Gasteiger partial charge in [-0.05, 0) is 24.1 Å². The number of amides is 1. The zero-order valence-corrected chi connectivity index (χ0v) is 11.0. The lowest BCUT2D eigenvalue weighted by molar-refractivity contribution is -0.116. The van der Waals surface area contributed by atoms with Crippen molar-refractivity contribution in [3.63, 3.8) is 0 Å². The van der Waals surface area contributed by atoms with Gasteiger partial charge in [0, 0.05) is 30.8 Å². The Kier molecular flexibility index (Phi) is 2.78. The Morgan fingerprint density at radius 1 is 1.40 bits per heavy atom. The molecule has 2 heterocycles. The van der Waals surface area contributed by atoms with Gasteiger partial charge in [0.15, 0.2) is 0 Å². The molecule has 6 heteroatoms. The first kappa shape index (κ1) is 12.4. The number of benzene rings is 1. The van der Waals surface area contributed by atoms with Crippen LogP contribution < -0.4 is 11.1 Å². The number of nitrogens with zero attached hydrogens (tertiary/aromatic N) is 2. The molecule has 0 atom stereocenters. The maximum Gasteiger partial charge on any atom is 0.230 e. The smallest absolute Gasteiger partial charge is 0.230 e. The molecule has 3 N–H and O–H groups in total. The highest BCUT2D eigenvalue weighted by Gasteiger charge is 2.16. The first-order chi connectivity index (χ1) is 9.54. The molecular weight excluding hydrogens is 256 g/mol. The zero-order valence-electron chi connectivity index (χ0n) is 11.0. The molecule has 1 aromatic heterocycles. The van der Waals surface area contributed by atoms with Gasteiger partial charge in [-0.2, -0.15) is 0 Å². The van der Waals surface area contributed by atoms with E-state index in [0.29, 0.717) is 18.5 Å². The van der Waals surface area contributed by atoms with Crippen LogP contribution in [-0.2, 0) is 11.2 Å². The van der Waals surface area contributed by atoms with Crippen LogP contribution in [0.25, 0.3) is 11.3 Å². The topological polar surface area (TPSA) is 90.0 Å². The second kappa shape index (κ2) is 4.48. The number of anilines is 2. The van der Waals surface area contributed by atoms with Gasteiger partial charge in [-0.1, -0.05) is 6.07 Å². The number of nitrogens with one attached hydrogen (secondary N) is 1. The Hall–Kier alpha value is -2.63. The number of aromatic nitrogens is 2. The fraction of sp³-hybridized carbons (Fsp3) is 0.214. The molecule has 0 bridgehead atoms. The van der Waals surface area contributed by atoms with Crippen molar-refractivity contribution in [3.8, 4) is 11.3 Å². The molecule has 0 saturated carbocycles. The van der Waals surface area contributed by atoms with E-state index >= 15 is 0 Å². The molecule has 1 aliphatic heterocycles. The second-order valence-corrected chi connectivity index (χ2v) is 4.79. The minimum Gasteiger partial charge on any atom is -0.369 e. The number of carbonyl (C=O) groups is 2. The lowest BCUT2D eigenvalue weighted by atomic mass is 9.99. The Balaban J connectivity index is 2.01. The highest BCUT2D eigenvalue weighted by atomic mass is 16.2. The first-order valence-corrected chi connectivity index (χ1v) is 6.33. The maximum atomic E-state index is 11.4. The summed E-state index contributed by atoms with van der Waals surface area (Å²) in [4.78, 5) is 26.9. The predicted molar refractivity (Wildman–Crippen MR) is 75.3 cm³/mol. The van der Waals surface area contributed by atoms with Crippen LogP contribution in [0.2, 0.25) is 0 Å². The standard InChI is InChI=1S/C14H14N4O2/c1-8(19)18-7-12(17-14(18)15)10-2-4-11-9(6-10)3-5-13(20)16-11/h2,4,6-7H,3,5H2,1H3,(H2,15,17)(H,16,20). The normalized spacial score (nSPS) is 13.8. The number of imidazole rings is 1. The molecule has 20 heavy (non-hydrogen) atoms. The molecule has 6 nitrogen and oxygen atoms in total. The van der Waals surface area contributed by atoms with Crippen molar-refractivity contribution < 1.29 is 9.59 Å². The van der Waals surface area contributed by atoms with Gasteiger partial charge in [-0.15, -0.1) is 0 Å². The van der Waals surface area contributed by atoms with Crippen LogP contribution in [0.15, 0.2) is 24.4 Å². The number of aryl methyl sites for hydroxylation is 1. The van der Waals surface area contributed by atoms with Gasteiger partial charge in [0.25, 0.3) is 0 Å². The summed E-state index contributed by atoms with van der Waals surface area (Å²) < 4.78 is 1.32. The van der Waals surface area contributed by atoms with Crippen LogP contribution in [0.4, 0.5) is 11.6 Å². The molecule has 102 valence electrons. The van der Waals surface area contributed by atoms with Crippen LogP contribution in [0.3, 0.4) is 0 Å². The lowest BCUT2D eigenvalue weighted by Crippen LogP contribution is -2.18. The largest absolute Gasteiger partial charge is 0.369 e. The number of hydrogen-bond acceptors (Lipinski definition) is 4. The van der Waals surface area contributed by atoms with E-state index in [2.05, 4.69) is 10.3 Å². The van der Waals surface area contributed by atoms with Crippen molar-refractivity contribution in [3.05, 3.63) is 30.0 Å². The maximum absolute atomic E-state index is 11.4. The van der Waals surface area contributed by atoms with Crippen LogP contribution in [-0.4, -0.2) is 21.4 Å². The van der Waals surface area contributed by atoms with E-state index < -0.39 is 0 Å². The average Bonchev–Trinajstić information content (AvgIpc) is 2.80. The van der Waals surface area contributed by atoms with Crippen LogP contribution in [0.5, 0.6) is 0 Å². The van der Waals surface area contributed by atoms with Crippen LogP contribution in [0.1, 0.15) is 23.7 Å². The molecule has 0 saturated heterocycles. The summed E-state index contributed by atoms with van der Waals surface area (Å²) in [5.41, 5.74) is 9.15. The van der Waals surface area contributed by atoms with Gasteiger partial charge in [-0.25, -0.2) is 4.98 Å². The molecule has 1 aliphatic rings. The third-order valence-electron chi connectivity index (χ3n) is 3.37. The van der Waals surface area contributed by atoms with E-state index in [9.17, 15) is 9.59 Å². The predicted octanol–water partition coefficient (Wildman–Crippen LogP) is 1.68. The molecule has 0 unspecified atom stereocenters. The van der Waals surface area contributed by atoms with Crippen LogP contribution in [0, 0.1) is 0 Å². The Morgan fingerprint density at radius 3 is 2.90 bits per heavy atom. The van der Waals surface area contributed by atoms with Gasteiger partial charge in [-0.3, -0.25) is 14.2 Å². The third kappa shape index (κ3) is 2.05. The monoisotopic (exact) mass is 270 g/mol. The molecular formula is C14H14N4O2. The first-order valence-electron chi connectivity index (χ1n) is 6.33. The van der Waals surface area contributed by atoms with Crippen molar-refractivity contribution >= 4 is 23.5 Å². The van der Waals surface area contributed by atoms with Gasteiger partial charge >= 0.3 is 0 Å². The van der Waals surface area contributed by atoms with Crippen LogP contribution >= 0.6 is 0 Å². The summed E-state index contributed by atoms with van der Waals surface area (Å²) in [6.45, 7) is 1.43. The fourth-order valence-electron chi connectivity index (χ4n) is 2.33. The molecule has 0 aliphatic carbocycles. The lowest BCUT2D eigenvalue weighted by Gasteiger charge is -2.17. The Labute approximate surface area is 115 Å². The van der Waals surface area contributed by atoms with E-state index in [1.54, 1.807) is 6.20 Å². The van der Waals surface area contributed by atoms with Crippen molar-refractivity contribution in [2.45, 2.75) is 19.8 Å². The highest BCUT2D eigenvalue weighted by molar-refractivity contribution is 5.94. The zero-order chi connectivity index (χ0) is 14.3. The molecule has 0 radical (unpaired) electrons. The highest BCUT2D eigenvalue weighted by Crippen LogP contribution is 2.28. The number of hydrogen-bond donors (Lipinski definition) is 2. The van der Waals surface area contributed by atoms with Crippen molar-refractivity contribution in [2.24, 2.45) is 0 Å². The molecule has 1 aromatic carbocycles. The van der Waals surface area contributed by atoms with Gasteiger partial charge in [0.05, 0.1) is 5.69 Å².